The molecule has 1 aromatic carbocycles. The number of imidazole rings is 1. The number of amides is 1. The molecule has 0 fully saturated rings. The standard InChI is InChI=1S/C25H32FN5O4/c1-15-12-18(13-16(2)21(15)26)31-22(30-11-10-29(23(30)32)17(3)34-7)19-14-28(9-8-20(19)27-31)24(33)35-25(4,5)6/h10-13,17H,8-9,14H2,1-7H3. The summed E-state index contributed by atoms with van der Waals surface area (Å²) in [6, 6.07) is 3.41. The van der Waals surface area contributed by atoms with E-state index < -0.39 is 17.9 Å². The van der Waals surface area contributed by atoms with Crippen LogP contribution in [0.5, 0.6) is 0 Å². The monoisotopic (exact) mass is 485 g/mol. The highest BCUT2D eigenvalue weighted by molar-refractivity contribution is 5.69. The van der Waals surface area contributed by atoms with Crippen LogP contribution in [0.15, 0.2) is 29.3 Å². The van der Waals surface area contributed by atoms with E-state index in [2.05, 4.69) is 0 Å². The molecule has 1 atom stereocenters. The zero-order valence-corrected chi connectivity index (χ0v) is 21.3. The molecule has 188 valence electrons. The van der Waals surface area contributed by atoms with Gasteiger partial charge in [0.2, 0.25) is 0 Å². The second-order valence-corrected chi connectivity index (χ2v) is 9.90. The van der Waals surface area contributed by atoms with Crippen molar-refractivity contribution in [3.05, 3.63) is 63.2 Å². The summed E-state index contributed by atoms with van der Waals surface area (Å²) in [6.45, 7) is 11.3. The zero-order chi connectivity index (χ0) is 25.7. The number of benzene rings is 1. The molecule has 3 aromatic rings. The molecule has 1 aliphatic rings. The Kier molecular flexibility index (Phi) is 6.35. The van der Waals surface area contributed by atoms with Crippen LogP contribution in [0.3, 0.4) is 0 Å². The topological polar surface area (TPSA) is 83.5 Å². The van der Waals surface area contributed by atoms with Crippen LogP contribution in [0.1, 0.15) is 56.3 Å². The third-order valence-corrected chi connectivity index (χ3v) is 6.09. The molecular weight excluding hydrogens is 453 g/mol. The van der Waals surface area contributed by atoms with Gasteiger partial charge in [-0.3, -0.25) is 9.13 Å². The number of aryl methyl sites for hydroxylation is 2. The van der Waals surface area contributed by atoms with Crippen molar-refractivity contribution < 1.29 is 18.7 Å². The summed E-state index contributed by atoms with van der Waals surface area (Å²) in [7, 11) is 1.53. The first-order valence-electron chi connectivity index (χ1n) is 11.6. The molecule has 1 unspecified atom stereocenters. The van der Waals surface area contributed by atoms with Gasteiger partial charge in [-0.05, 0) is 64.8 Å². The van der Waals surface area contributed by atoms with Crippen molar-refractivity contribution in [3.63, 3.8) is 0 Å². The number of carbonyl (C=O) groups excluding carboxylic acids is 1. The van der Waals surface area contributed by atoms with E-state index >= 15 is 0 Å². The predicted molar refractivity (Wildman–Crippen MR) is 129 cm³/mol. The van der Waals surface area contributed by atoms with Crippen LogP contribution in [0.4, 0.5) is 9.18 Å². The van der Waals surface area contributed by atoms with Gasteiger partial charge in [0.05, 0.1) is 17.9 Å². The highest BCUT2D eigenvalue weighted by atomic mass is 19.1. The highest BCUT2D eigenvalue weighted by Crippen LogP contribution is 2.29. The fourth-order valence-corrected chi connectivity index (χ4v) is 4.26. The lowest BCUT2D eigenvalue weighted by molar-refractivity contribution is 0.0223. The summed E-state index contributed by atoms with van der Waals surface area (Å²) < 4.78 is 29.9. The molecule has 0 aliphatic carbocycles. The molecule has 1 aliphatic heterocycles. The lowest BCUT2D eigenvalue weighted by Gasteiger charge is -2.29. The fourth-order valence-electron chi connectivity index (χ4n) is 4.26. The van der Waals surface area contributed by atoms with Crippen LogP contribution in [0, 0.1) is 19.7 Å². The van der Waals surface area contributed by atoms with Gasteiger partial charge in [0.15, 0.2) is 0 Å². The van der Waals surface area contributed by atoms with Crippen molar-refractivity contribution in [2.75, 3.05) is 13.7 Å². The molecule has 1 amide bonds. The van der Waals surface area contributed by atoms with Gasteiger partial charge in [-0.1, -0.05) is 0 Å². The van der Waals surface area contributed by atoms with E-state index in [0.29, 0.717) is 35.6 Å². The molecule has 9 nitrogen and oxygen atoms in total. The lowest BCUT2D eigenvalue weighted by Crippen LogP contribution is -2.40. The Hall–Kier alpha value is -3.40. The summed E-state index contributed by atoms with van der Waals surface area (Å²) >= 11 is 0. The summed E-state index contributed by atoms with van der Waals surface area (Å²) in [6.07, 6.45) is 2.91. The third-order valence-electron chi connectivity index (χ3n) is 6.09. The van der Waals surface area contributed by atoms with Crippen molar-refractivity contribution in [1.29, 1.82) is 0 Å². The zero-order valence-electron chi connectivity index (χ0n) is 21.3. The van der Waals surface area contributed by atoms with Crippen LogP contribution in [-0.2, 0) is 22.4 Å². The molecule has 3 heterocycles. The van der Waals surface area contributed by atoms with Crippen molar-refractivity contribution in [2.24, 2.45) is 0 Å². The maximum atomic E-state index is 14.4. The van der Waals surface area contributed by atoms with E-state index in [9.17, 15) is 14.0 Å². The molecule has 10 heteroatoms. The molecule has 0 bridgehead atoms. The first kappa shape index (κ1) is 24.7. The van der Waals surface area contributed by atoms with Crippen LogP contribution >= 0.6 is 0 Å². The molecular formula is C25H32FN5O4. The maximum absolute atomic E-state index is 14.4. The Morgan fingerprint density at radius 2 is 1.83 bits per heavy atom. The fraction of sp³-hybridized carbons (Fsp3) is 0.480. The molecule has 0 spiro atoms. The SMILES string of the molecule is COC(C)n1ccn(-c2c3c(nn2-c2cc(C)c(F)c(C)c2)CCN(C(=O)OC(C)(C)C)C3)c1=O. The van der Waals surface area contributed by atoms with Gasteiger partial charge in [0.25, 0.3) is 0 Å². The number of hydrogen-bond acceptors (Lipinski definition) is 5. The van der Waals surface area contributed by atoms with E-state index in [1.165, 1.54) is 16.2 Å². The van der Waals surface area contributed by atoms with Crippen molar-refractivity contribution in [2.45, 2.75) is 66.3 Å². The normalized spacial score (nSPS) is 14.7. The number of carbonyl (C=O) groups is 1. The number of nitrogens with zero attached hydrogens (tertiary/aromatic N) is 5. The van der Waals surface area contributed by atoms with Crippen molar-refractivity contribution in [1.82, 2.24) is 23.8 Å². The minimum Gasteiger partial charge on any atom is -0.444 e. The highest BCUT2D eigenvalue weighted by Gasteiger charge is 2.32. The first-order valence-corrected chi connectivity index (χ1v) is 11.6. The van der Waals surface area contributed by atoms with Crippen LogP contribution < -0.4 is 5.69 Å². The van der Waals surface area contributed by atoms with Crippen molar-refractivity contribution >= 4 is 6.09 Å². The average molecular weight is 486 g/mol. The van der Waals surface area contributed by atoms with E-state index in [-0.39, 0.29) is 18.1 Å². The van der Waals surface area contributed by atoms with Gasteiger partial charge in [-0.25, -0.2) is 18.7 Å². The van der Waals surface area contributed by atoms with Gasteiger partial charge < -0.3 is 14.4 Å². The van der Waals surface area contributed by atoms with E-state index in [1.54, 1.807) is 54.9 Å². The number of fused-ring (bicyclic) bond motifs is 1. The molecule has 4 rings (SSSR count). The molecule has 2 aromatic heterocycles. The van der Waals surface area contributed by atoms with Crippen molar-refractivity contribution in [3.8, 4) is 11.5 Å². The van der Waals surface area contributed by atoms with Crippen LogP contribution in [-0.4, -0.2) is 49.2 Å². The first-order chi connectivity index (χ1) is 16.4. The summed E-state index contributed by atoms with van der Waals surface area (Å²) in [5.41, 5.74) is 2.17. The summed E-state index contributed by atoms with van der Waals surface area (Å²) in [5, 5.41) is 4.81. The maximum Gasteiger partial charge on any atom is 0.410 e. The Labute approximate surface area is 203 Å². The molecule has 0 N–H and O–H groups in total. The van der Waals surface area contributed by atoms with Crippen LogP contribution in [0.2, 0.25) is 0 Å². The number of rotatable bonds is 4. The molecule has 0 saturated heterocycles. The average Bonchev–Trinajstić information content (AvgIpc) is 3.34. The second kappa shape index (κ2) is 8.99. The smallest absolute Gasteiger partial charge is 0.410 e. The second-order valence-electron chi connectivity index (χ2n) is 9.90. The van der Waals surface area contributed by atoms with Gasteiger partial charge in [-0.15, -0.1) is 0 Å². The van der Waals surface area contributed by atoms with Gasteiger partial charge in [0.1, 0.15) is 23.5 Å². The van der Waals surface area contributed by atoms with E-state index in [1.807, 2.05) is 20.8 Å². The number of aromatic nitrogens is 4. The van der Waals surface area contributed by atoms with Crippen LogP contribution in [0.25, 0.3) is 11.5 Å². The summed E-state index contributed by atoms with van der Waals surface area (Å²) in [4.78, 5) is 27.8. The molecule has 0 saturated carbocycles. The number of methoxy groups -OCH3 is 1. The Morgan fingerprint density at radius 3 is 2.43 bits per heavy atom. The Morgan fingerprint density at radius 1 is 1.17 bits per heavy atom. The van der Waals surface area contributed by atoms with Gasteiger partial charge in [0, 0.05) is 38.0 Å². The van der Waals surface area contributed by atoms with E-state index in [0.717, 1.165) is 11.3 Å². The predicted octanol–water partition coefficient (Wildman–Crippen LogP) is 4.04. The molecule has 0 radical (unpaired) electrons. The lowest BCUT2D eigenvalue weighted by atomic mass is 10.1. The molecule has 35 heavy (non-hydrogen) atoms. The van der Waals surface area contributed by atoms with Gasteiger partial charge in [-0.2, -0.15) is 5.10 Å². The Balaban J connectivity index is 1.88. The van der Waals surface area contributed by atoms with E-state index in [4.69, 9.17) is 14.6 Å². The minimum absolute atomic E-state index is 0.232. The minimum atomic E-state index is -0.627. The number of ether oxygens (including phenoxy) is 2. The third kappa shape index (κ3) is 4.62. The number of halogens is 1. The quantitative estimate of drug-likeness (QED) is 0.557. The van der Waals surface area contributed by atoms with Gasteiger partial charge >= 0.3 is 11.8 Å². The number of hydrogen-bond donors (Lipinski definition) is 0. The Bertz CT molecular complexity index is 1310. The summed E-state index contributed by atoms with van der Waals surface area (Å²) in [5.74, 6) is 0.228. The largest absolute Gasteiger partial charge is 0.444 e.